The van der Waals surface area contributed by atoms with Gasteiger partial charge in [0.05, 0.1) is 0 Å². The van der Waals surface area contributed by atoms with Crippen molar-refractivity contribution in [2.24, 2.45) is 0 Å². The van der Waals surface area contributed by atoms with Gasteiger partial charge >= 0.3 is 0 Å². The topological polar surface area (TPSA) is 7.76 Å². The maximum absolute atomic E-state index is 2.36. The minimum absolute atomic E-state index is 0. The van der Waals surface area contributed by atoms with Crippen LogP contribution in [0.15, 0.2) is 49.1 Å². The highest BCUT2D eigenvalue weighted by molar-refractivity contribution is 5.60. The van der Waals surface area contributed by atoms with Gasteiger partial charge in [-0.2, -0.15) is 0 Å². The highest BCUT2D eigenvalue weighted by Crippen LogP contribution is 2.16. The first-order valence-electron chi connectivity index (χ1n) is 17.8. The molecule has 2 aromatic rings. The van der Waals surface area contributed by atoms with Gasteiger partial charge in [0.1, 0.15) is 13.1 Å². The van der Waals surface area contributed by atoms with Crippen LogP contribution in [-0.2, 0) is 13.1 Å². The van der Waals surface area contributed by atoms with Crippen molar-refractivity contribution >= 4 is 0 Å². The van der Waals surface area contributed by atoms with Crippen LogP contribution in [0.1, 0.15) is 168 Å². The fourth-order valence-electron chi connectivity index (χ4n) is 5.87. The molecule has 2 aromatic heterocycles. The van der Waals surface area contributed by atoms with Crippen LogP contribution in [0.25, 0.3) is 11.1 Å². The average molecular weight is 711 g/mol. The van der Waals surface area contributed by atoms with Crippen LogP contribution in [-0.4, -0.2) is 0 Å². The van der Waals surface area contributed by atoms with Gasteiger partial charge in [-0.05, 0) is 24.0 Å². The molecule has 0 aliphatic heterocycles. The number of aromatic nitrogens is 2. The Morgan fingerprint density at radius 3 is 0.786 bits per heavy atom. The summed E-state index contributed by atoms with van der Waals surface area (Å²) in [6.45, 7) is 6.88. The SMILES string of the molecule is CCCCCCCCCCCCCC[n+]1ccc(-c2cc[n+](CCCCCCCCCCCCCC)cc2)cc1.[Br-].[Br-]. The molecule has 0 fully saturated rings. The zero-order valence-corrected chi connectivity index (χ0v) is 30.8. The lowest BCUT2D eigenvalue weighted by molar-refractivity contribution is -0.697. The molecule has 4 heteroatoms. The first-order valence-corrected chi connectivity index (χ1v) is 17.8. The maximum atomic E-state index is 2.36. The van der Waals surface area contributed by atoms with Gasteiger partial charge in [0, 0.05) is 37.1 Å². The second-order valence-electron chi connectivity index (χ2n) is 12.4. The van der Waals surface area contributed by atoms with Crippen LogP contribution in [0.2, 0.25) is 0 Å². The minimum Gasteiger partial charge on any atom is -1.00 e. The van der Waals surface area contributed by atoms with Gasteiger partial charge in [0.15, 0.2) is 24.8 Å². The second kappa shape index (κ2) is 30.3. The zero-order chi connectivity index (χ0) is 28.4. The van der Waals surface area contributed by atoms with Gasteiger partial charge in [-0.1, -0.05) is 142 Å². The average Bonchev–Trinajstić information content (AvgIpc) is 2.99. The molecule has 0 bridgehead atoms. The van der Waals surface area contributed by atoms with Crippen molar-refractivity contribution in [3.8, 4) is 11.1 Å². The summed E-state index contributed by atoms with van der Waals surface area (Å²) < 4.78 is 4.72. The summed E-state index contributed by atoms with van der Waals surface area (Å²) in [5, 5.41) is 0. The molecule has 0 spiro atoms. The maximum Gasteiger partial charge on any atom is 0.169 e. The summed E-state index contributed by atoms with van der Waals surface area (Å²) in [5.41, 5.74) is 2.65. The van der Waals surface area contributed by atoms with E-state index in [2.05, 4.69) is 72.0 Å². The molecule has 0 amide bonds. The standard InChI is InChI=1S/C38H66N2.2BrH/c1-3-5-7-9-11-13-15-17-19-21-23-25-31-39-33-27-37(28-34-39)38-29-35-40(36-30-38)32-26-24-22-20-18-16-14-12-10-8-6-4-2;;/h27-30,33-36H,3-26,31-32H2,1-2H3;2*1H/q+2;;/p-2. The molecule has 0 N–H and O–H groups in total. The van der Waals surface area contributed by atoms with E-state index in [1.54, 1.807) is 0 Å². The highest BCUT2D eigenvalue weighted by atomic mass is 79.9. The van der Waals surface area contributed by atoms with E-state index >= 15 is 0 Å². The van der Waals surface area contributed by atoms with E-state index in [9.17, 15) is 0 Å². The fraction of sp³-hybridized carbons (Fsp3) is 0.737. The number of hydrogen-bond acceptors (Lipinski definition) is 0. The quantitative estimate of drug-likeness (QED) is 0.0875. The van der Waals surface area contributed by atoms with Gasteiger partial charge < -0.3 is 34.0 Å². The number of halogens is 2. The summed E-state index contributed by atoms with van der Waals surface area (Å²) in [4.78, 5) is 0. The van der Waals surface area contributed by atoms with Gasteiger partial charge in [-0.25, -0.2) is 9.13 Å². The Labute approximate surface area is 283 Å². The Balaban J connectivity index is 0.00000840. The van der Waals surface area contributed by atoms with E-state index in [1.807, 2.05) is 0 Å². The van der Waals surface area contributed by atoms with E-state index in [-0.39, 0.29) is 34.0 Å². The Hall–Kier alpha value is -0.740. The van der Waals surface area contributed by atoms with Crippen LogP contribution in [0, 0.1) is 0 Å². The number of hydrogen-bond donors (Lipinski definition) is 0. The summed E-state index contributed by atoms with van der Waals surface area (Å²) >= 11 is 0. The van der Waals surface area contributed by atoms with Gasteiger partial charge in [-0.15, -0.1) is 0 Å². The predicted octanol–water partition coefficient (Wildman–Crippen LogP) is 5.34. The van der Waals surface area contributed by atoms with Gasteiger partial charge in [0.2, 0.25) is 0 Å². The Morgan fingerprint density at radius 1 is 0.333 bits per heavy atom. The molecular weight excluding hydrogens is 644 g/mol. The number of nitrogens with zero attached hydrogens (tertiary/aromatic N) is 2. The second-order valence-corrected chi connectivity index (χ2v) is 12.4. The molecule has 0 aromatic carbocycles. The molecule has 0 atom stereocenters. The third-order valence-corrected chi connectivity index (χ3v) is 8.66. The Bertz CT molecular complexity index is 737. The Kier molecular flexibility index (Phi) is 29.8. The largest absolute Gasteiger partial charge is 1.00 e. The lowest BCUT2D eigenvalue weighted by Crippen LogP contribution is -3.00. The van der Waals surface area contributed by atoms with Gasteiger partial charge in [0.25, 0.3) is 0 Å². The molecular formula is C38H66Br2N2. The number of rotatable bonds is 27. The van der Waals surface area contributed by atoms with Crippen molar-refractivity contribution in [2.75, 3.05) is 0 Å². The zero-order valence-electron chi connectivity index (χ0n) is 27.7. The molecule has 0 saturated carbocycles. The summed E-state index contributed by atoms with van der Waals surface area (Å²) in [6, 6.07) is 9.13. The van der Waals surface area contributed by atoms with E-state index in [1.165, 1.54) is 165 Å². The molecule has 0 aliphatic carbocycles. The van der Waals surface area contributed by atoms with Crippen molar-refractivity contribution in [3.63, 3.8) is 0 Å². The highest BCUT2D eigenvalue weighted by Gasteiger charge is 2.06. The fourth-order valence-corrected chi connectivity index (χ4v) is 5.87. The van der Waals surface area contributed by atoms with Crippen molar-refractivity contribution in [2.45, 2.75) is 181 Å². The molecule has 0 aliphatic rings. The summed E-state index contributed by atoms with van der Waals surface area (Å²) in [7, 11) is 0. The minimum atomic E-state index is 0. The Morgan fingerprint density at radius 2 is 0.548 bits per heavy atom. The van der Waals surface area contributed by atoms with Crippen molar-refractivity contribution in [3.05, 3.63) is 49.1 Å². The van der Waals surface area contributed by atoms with E-state index in [0.29, 0.717) is 0 Å². The van der Waals surface area contributed by atoms with Crippen LogP contribution in [0.5, 0.6) is 0 Å². The van der Waals surface area contributed by atoms with Crippen LogP contribution in [0.4, 0.5) is 0 Å². The number of aryl methyl sites for hydroxylation is 2. The predicted molar refractivity (Wildman–Crippen MR) is 174 cm³/mol. The first-order chi connectivity index (χ1) is 19.8. The number of unbranched alkanes of at least 4 members (excludes halogenated alkanes) is 22. The molecule has 2 heterocycles. The molecule has 2 rings (SSSR count). The van der Waals surface area contributed by atoms with Gasteiger partial charge in [-0.3, -0.25) is 0 Å². The number of pyridine rings is 2. The monoisotopic (exact) mass is 708 g/mol. The summed E-state index contributed by atoms with van der Waals surface area (Å²) in [5.74, 6) is 0. The lowest BCUT2D eigenvalue weighted by Gasteiger charge is -2.03. The molecule has 242 valence electrons. The van der Waals surface area contributed by atoms with Crippen molar-refractivity contribution < 1.29 is 43.1 Å². The smallest absolute Gasteiger partial charge is 0.169 e. The van der Waals surface area contributed by atoms with Crippen LogP contribution >= 0.6 is 0 Å². The van der Waals surface area contributed by atoms with E-state index < -0.39 is 0 Å². The lowest BCUT2D eigenvalue weighted by atomic mass is 10.1. The van der Waals surface area contributed by atoms with Crippen molar-refractivity contribution in [1.29, 1.82) is 0 Å². The molecule has 0 unspecified atom stereocenters. The molecule has 0 saturated heterocycles. The third-order valence-electron chi connectivity index (χ3n) is 8.66. The normalized spacial score (nSPS) is 10.8. The van der Waals surface area contributed by atoms with Crippen molar-refractivity contribution in [1.82, 2.24) is 0 Å². The van der Waals surface area contributed by atoms with E-state index in [4.69, 9.17) is 0 Å². The third kappa shape index (κ3) is 21.9. The molecule has 2 nitrogen and oxygen atoms in total. The summed E-state index contributed by atoms with van der Waals surface area (Å²) in [6.07, 6.45) is 43.0. The van der Waals surface area contributed by atoms with Crippen LogP contribution in [0.3, 0.4) is 0 Å². The van der Waals surface area contributed by atoms with E-state index in [0.717, 1.165) is 13.1 Å². The molecule has 42 heavy (non-hydrogen) atoms. The molecule has 0 radical (unpaired) electrons. The first kappa shape index (κ1) is 41.3. The van der Waals surface area contributed by atoms with Crippen LogP contribution < -0.4 is 43.1 Å².